The van der Waals surface area contributed by atoms with Crippen LogP contribution in [0.2, 0.25) is 0 Å². The number of amides is 1. The zero-order valence-corrected chi connectivity index (χ0v) is 10.8. The van der Waals surface area contributed by atoms with Gasteiger partial charge in [-0.05, 0) is 38.0 Å². The van der Waals surface area contributed by atoms with Crippen molar-refractivity contribution in [1.82, 2.24) is 0 Å². The van der Waals surface area contributed by atoms with Gasteiger partial charge in [0.05, 0.1) is 5.69 Å². The minimum Gasteiger partial charge on any atom is -0.328 e. The van der Waals surface area contributed by atoms with Crippen LogP contribution in [0.4, 0.5) is 10.1 Å². The second-order valence-corrected chi connectivity index (χ2v) is 4.05. The third-order valence-electron chi connectivity index (χ3n) is 2.23. The maximum Gasteiger partial charge on any atom is 0.224 e. The molecule has 17 heavy (non-hydrogen) atoms. The first-order valence-corrected chi connectivity index (χ1v) is 5.30. The number of anilines is 1. The average molecular weight is 261 g/mol. The lowest BCUT2D eigenvalue weighted by Crippen LogP contribution is -2.19. The van der Waals surface area contributed by atoms with Crippen molar-refractivity contribution in [2.45, 2.75) is 32.7 Å². The molecule has 0 fully saturated rings. The number of aryl methyl sites for hydroxylation is 1. The van der Waals surface area contributed by atoms with Crippen LogP contribution < -0.4 is 11.1 Å². The van der Waals surface area contributed by atoms with E-state index in [1.807, 2.05) is 6.92 Å². The summed E-state index contributed by atoms with van der Waals surface area (Å²) >= 11 is 0. The van der Waals surface area contributed by atoms with Crippen LogP contribution in [0.25, 0.3) is 0 Å². The van der Waals surface area contributed by atoms with Gasteiger partial charge in [-0.15, -0.1) is 12.4 Å². The average Bonchev–Trinajstić information content (AvgIpc) is 2.19. The Morgan fingerprint density at radius 1 is 1.53 bits per heavy atom. The topological polar surface area (TPSA) is 55.1 Å². The van der Waals surface area contributed by atoms with Crippen molar-refractivity contribution in [2.24, 2.45) is 5.73 Å². The summed E-state index contributed by atoms with van der Waals surface area (Å²) < 4.78 is 13.4. The molecule has 1 unspecified atom stereocenters. The molecule has 1 aromatic carbocycles. The summed E-state index contributed by atoms with van der Waals surface area (Å²) in [6.07, 6.45) is 0.907. The normalized spacial score (nSPS) is 11.5. The second kappa shape index (κ2) is 7.25. The van der Waals surface area contributed by atoms with E-state index in [1.54, 1.807) is 19.1 Å². The van der Waals surface area contributed by atoms with Gasteiger partial charge in [-0.3, -0.25) is 4.79 Å². The highest BCUT2D eigenvalue weighted by Gasteiger charge is 2.07. The summed E-state index contributed by atoms with van der Waals surface area (Å²) in [7, 11) is 0. The Labute approximate surface area is 107 Å². The number of rotatable bonds is 4. The number of carbonyl (C=O) groups excluding carboxylic acids is 1. The molecule has 1 atom stereocenters. The third kappa shape index (κ3) is 5.65. The van der Waals surface area contributed by atoms with Crippen molar-refractivity contribution in [1.29, 1.82) is 0 Å². The summed E-state index contributed by atoms with van der Waals surface area (Å²) in [6.45, 7) is 3.63. The van der Waals surface area contributed by atoms with Crippen LogP contribution in [0.1, 0.15) is 25.3 Å². The van der Waals surface area contributed by atoms with Crippen molar-refractivity contribution in [3.05, 3.63) is 29.6 Å². The van der Waals surface area contributed by atoms with Gasteiger partial charge in [-0.25, -0.2) is 4.39 Å². The maximum absolute atomic E-state index is 13.4. The maximum atomic E-state index is 13.4. The lowest BCUT2D eigenvalue weighted by atomic mass is 10.2. The molecule has 0 heterocycles. The van der Waals surface area contributed by atoms with Gasteiger partial charge in [0.25, 0.3) is 0 Å². The molecular formula is C12H18ClFN2O. The molecule has 0 aliphatic rings. The largest absolute Gasteiger partial charge is 0.328 e. The Morgan fingerprint density at radius 2 is 2.18 bits per heavy atom. The number of nitrogens with one attached hydrogen (secondary N) is 1. The van der Waals surface area contributed by atoms with Gasteiger partial charge in [0.1, 0.15) is 5.82 Å². The van der Waals surface area contributed by atoms with E-state index in [9.17, 15) is 9.18 Å². The third-order valence-corrected chi connectivity index (χ3v) is 2.23. The van der Waals surface area contributed by atoms with Crippen molar-refractivity contribution in [3.63, 3.8) is 0 Å². The molecular weight excluding hydrogens is 243 g/mol. The molecule has 0 aliphatic carbocycles. The van der Waals surface area contributed by atoms with Crippen LogP contribution in [-0.4, -0.2) is 11.9 Å². The zero-order chi connectivity index (χ0) is 12.1. The first-order valence-electron chi connectivity index (χ1n) is 5.30. The molecule has 0 saturated heterocycles. The molecule has 0 spiro atoms. The van der Waals surface area contributed by atoms with Gasteiger partial charge >= 0.3 is 0 Å². The second-order valence-electron chi connectivity index (χ2n) is 4.05. The minimum absolute atomic E-state index is 0. The number of halogens is 2. The minimum atomic E-state index is -0.408. The van der Waals surface area contributed by atoms with Gasteiger partial charge < -0.3 is 11.1 Å². The molecule has 0 radical (unpaired) electrons. The molecule has 1 aromatic rings. The number of hydrogen-bond acceptors (Lipinski definition) is 2. The van der Waals surface area contributed by atoms with Gasteiger partial charge in [-0.1, -0.05) is 6.07 Å². The van der Waals surface area contributed by atoms with E-state index < -0.39 is 5.82 Å². The number of benzene rings is 1. The van der Waals surface area contributed by atoms with Crippen molar-refractivity contribution in [2.75, 3.05) is 5.32 Å². The van der Waals surface area contributed by atoms with Gasteiger partial charge in [0, 0.05) is 12.5 Å². The standard InChI is InChI=1S/C12H17FN2O.ClH/c1-8-3-5-11(10(13)7-8)15-12(16)6-4-9(2)14;/h3,5,7,9H,4,6,14H2,1-2H3,(H,15,16);1H. The van der Waals surface area contributed by atoms with Crippen LogP contribution in [0.5, 0.6) is 0 Å². The fourth-order valence-electron chi connectivity index (χ4n) is 1.29. The van der Waals surface area contributed by atoms with E-state index in [2.05, 4.69) is 5.32 Å². The highest BCUT2D eigenvalue weighted by molar-refractivity contribution is 5.90. The number of carbonyl (C=O) groups is 1. The highest BCUT2D eigenvalue weighted by atomic mass is 35.5. The van der Waals surface area contributed by atoms with Crippen LogP contribution in [-0.2, 0) is 4.79 Å². The zero-order valence-electron chi connectivity index (χ0n) is 10.00. The van der Waals surface area contributed by atoms with Crippen LogP contribution in [0.15, 0.2) is 18.2 Å². The molecule has 1 amide bonds. The quantitative estimate of drug-likeness (QED) is 0.874. The molecule has 3 N–H and O–H groups in total. The summed E-state index contributed by atoms with van der Waals surface area (Å²) in [4.78, 5) is 11.4. The molecule has 0 saturated carbocycles. The fourth-order valence-corrected chi connectivity index (χ4v) is 1.29. The number of hydrogen-bond donors (Lipinski definition) is 2. The first kappa shape index (κ1) is 15.9. The Bertz CT molecular complexity index is 383. The molecule has 96 valence electrons. The SMILES string of the molecule is Cc1ccc(NC(=O)CCC(C)N)c(F)c1.Cl. The molecule has 0 aromatic heterocycles. The lowest BCUT2D eigenvalue weighted by molar-refractivity contribution is -0.116. The van der Waals surface area contributed by atoms with Crippen molar-refractivity contribution < 1.29 is 9.18 Å². The fraction of sp³-hybridized carbons (Fsp3) is 0.417. The smallest absolute Gasteiger partial charge is 0.224 e. The van der Waals surface area contributed by atoms with Crippen LogP contribution in [0, 0.1) is 12.7 Å². The van der Waals surface area contributed by atoms with Gasteiger partial charge in [0.15, 0.2) is 0 Å². The Hall–Kier alpha value is -1.13. The van der Waals surface area contributed by atoms with Crippen LogP contribution in [0.3, 0.4) is 0 Å². The molecule has 0 aliphatic heterocycles. The Kier molecular flexibility index (Phi) is 6.76. The van der Waals surface area contributed by atoms with Crippen molar-refractivity contribution >= 4 is 24.0 Å². The summed E-state index contributed by atoms with van der Waals surface area (Å²) in [5, 5.41) is 2.52. The lowest BCUT2D eigenvalue weighted by Gasteiger charge is -2.08. The highest BCUT2D eigenvalue weighted by Crippen LogP contribution is 2.15. The summed E-state index contributed by atoms with van der Waals surface area (Å²) in [5.41, 5.74) is 6.58. The van der Waals surface area contributed by atoms with E-state index in [1.165, 1.54) is 6.07 Å². The first-order chi connectivity index (χ1) is 7.49. The molecule has 5 heteroatoms. The Balaban J connectivity index is 0.00000256. The Morgan fingerprint density at radius 3 is 2.71 bits per heavy atom. The van der Waals surface area contributed by atoms with Crippen LogP contribution >= 0.6 is 12.4 Å². The molecule has 0 bridgehead atoms. The van der Waals surface area contributed by atoms with E-state index in [0.29, 0.717) is 12.8 Å². The van der Waals surface area contributed by atoms with Gasteiger partial charge in [0.2, 0.25) is 5.91 Å². The van der Waals surface area contributed by atoms with E-state index in [-0.39, 0.29) is 30.0 Å². The van der Waals surface area contributed by atoms with Gasteiger partial charge in [-0.2, -0.15) is 0 Å². The predicted octanol–water partition coefficient (Wildman–Crippen LogP) is 2.62. The predicted molar refractivity (Wildman–Crippen MR) is 69.9 cm³/mol. The monoisotopic (exact) mass is 260 g/mol. The van der Waals surface area contributed by atoms with Crippen molar-refractivity contribution in [3.8, 4) is 0 Å². The molecule has 3 nitrogen and oxygen atoms in total. The summed E-state index contributed by atoms with van der Waals surface area (Å²) in [6, 6.07) is 4.69. The molecule has 1 rings (SSSR count). The van der Waals surface area contributed by atoms with E-state index in [0.717, 1.165) is 5.56 Å². The number of nitrogens with two attached hydrogens (primary N) is 1. The summed E-state index contributed by atoms with van der Waals surface area (Å²) in [5.74, 6) is -0.616. The van der Waals surface area contributed by atoms with E-state index >= 15 is 0 Å². The van der Waals surface area contributed by atoms with E-state index in [4.69, 9.17) is 5.73 Å².